The lowest BCUT2D eigenvalue weighted by Gasteiger charge is -2.28. The lowest BCUT2D eigenvalue weighted by atomic mass is 10.0. The molecule has 4 rings (SSSR count). The van der Waals surface area contributed by atoms with Crippen molar-refractivity contribution in [1.82, 2.24) is 25.8 Å². The van der Waals surface area contributed by atoms with Crippen LogP contribution in [0.5, 0.6) is 5.75 Å². The van der Waals surface area contributed by atoms with Crippen LogP contribution in [0.3, 0.4) is 0 Å². The quantitative estimate of drug-likeness (QED) is 0.510. The highest BCUT2D eigenvalue weighted by Gasteiger charge is 2.32. The van der Waals surface area contributed by atoms with Gasteiger partial charge in [0.05, 0.1) is 18.5 Å². The van der Waals surface area contributed by atoms with Crippen LogP contribution in [0.2, 0.25) is 0 Å². The summed E-state index contributed by atoms with van der Waals surface area (Å²) >= 11 is 0. The average molecular weight is 550 g/mol. The maximum Gasteiger partial charge on any atom is 0.255 e. The molecule has 3 N–H and O–H groups in total. The maximum atomic E-state index is 13.7. The number of ether oxygens (including phenoxy) is 1. The molecule has 0 unspecified atom stereocenters. The molecule has 212 valence electrons. The van der Waals surface area contributed by atoms with Crippen LogP contribution in [0.1, 0.15) is 35.7 Å². The van der Waals surface area contributed by atoms with Crippen molar-refractivity contribution in [2.24, 2.45) is 0 Å². The van der Waals surface area contributed by atoms with Crippen molar-refractivity contribution in [3.05, 3.63) is 65.7 Å². The average Bonchev–Trinajstić information content (AvgIpc) is 3.21. The zero-order valence-corrected chi connectivity index (χ0v) is 22.6. The molecule has 0 spiro atoms. The Morgan fingerprint density at radius 1 is 0.900 bits per heavy atom. The first-order valence-corrected chi connectivity index (χ1v) is 13.5. The van der Waals surface area contributed by atoms with Gasteiger partial charge < -0.3 is 30.5 Å². The van der Waals surface area contributed by atoms with Crippen molar-refractivity contribution >= 4 is 29.5 Å². The van der Waals surface area contributed by atoms with Gasteiger partial charge in [-0.25, -0.2) is 0 Å². The summed E-state index contributed by atoms with van der Waals surface area (Å²) in [5.41, 5.74) is 1.07. The smallest absolute Gasteiger partial charge is 0.255 e. The lowest BCUT2D eigenvalue weighted by molar-refractivity contribution is -0.136. The highest BCUT2D eigenvalue weighted by molar-refractivity contribution is 6.01. The second-order valence-corrected chi connectivity index (χ2v) is 9.86. The number of para-hydroxylation sites is 1. The summed E-state index contributed by atoms with van der Waals surface area (Å²) < 4.78 is 5.79. The fourth-order valence-electron chi connectivity index (χ4n) is 4.85. The molecule has 2 atom stereocenters. The van der Waals surface area contributed by atoms with Gasteiger partial charge in [-0.2, -0.15) is 0 Å². The molecule has 0 aliphatic carbocycles. The molecule has 2 heterocycles. The predicted octanol–water partition coefficient (Wildman–Crippen LogP) is 0.492. The number of nitrogens with zero attached hydrogens (tertiary/aromatic N) is 2. The monoisotopic (exact) mass is 549 g/mol. The van der Waals surface area contributed by atoms with Gasteiger partial charge in [-0.1, -0.05) is 42.5 Å². The Balaban J connectivity index is 1.59. The van der Waals surface area contributed by atoms with Gasteiger partial charge in [-0.05, 0) is 24.1 Å². The minimum Gasteiger partial charge on any atom is -0.491 e. The van der Waals surface area contributed by atoms with E-state index >= 15 is 0 Å². The molecule has 2 aromatic carbocycles. The van der Waals surface area contributed by atoms with Crippen LogP contribution < -0.4 is 20.7 Å². The van der Waals surface area contributed by atoms with Gasteiger partial charge in [0.15, 0.2) is 0 Å². The molecule has 5 amide bonds. The zero-order chi connectivity index (χ0) is 28.5. The fraction of sp³-hybridized carbons (Fsp3) is 0.414. The standard InChI is InChI=1S/C29H35N5O6/c1-20(35)33-13-7-14-34(16-15-33)29(39)24-19-26(36)31-23(18-21-8-3-2-4-9-21)28(38)30-12-17-40-25-11-6-5-10-22(25)27(37)32-24/h2-6,8-11,23-24H,7,12-19H2,1H3,(H,30,38)(H,31,36)(H,32,37)/t23-,24-/m0/s1. The lowest BCUT2D eigenvalue weighted by Crippen LogP contribution is -2.54. The van der Waals surface area contributed by atoms with Crippen molar-refractivity contribution in [3.63, 3.8) is 0 Å². The number of nitrogens with one attached hydrogen (secondary N) is 3. The first kappa shape index (κ1) is 28.6. The Labute approximate surface area is 233 Å². The van der Waals surface area contributed by atoms with E-state index in [2.05, 4.69) is 16.0 Å². The Kier molecular flexibility index (Phi) is 9.71. The molecule has 0 aromatic heterocycles. The van der Waals surface area contributed by atoms with Gasteiger partial charge in [0.1, 0.15) is 24.4 Å². The fourth-order valence-corrected chi connectivity index (χ4v) is 4.85. The number of carbonyl (C=O) groups is 5. The van der Waals surface area contributed by atoms with Crippen LogP contribution in [0.25, 0.3) is 0 Å². The molecule has 2 aliphatic heterocycles. The number of amides is 5. The molecule has 2 aromatic rings. The Hall–Kier alpha value is -4.41. The topological polar surface area (TPSA) is 137 Å². The molecular formula is C29H35N5O6. The first-order valence-electron chi connectivity index (χ1n) is 13.5. The van der Waals surface area contributed by atoms with Crippen molar-refractivity contribution in [3.8, 4) is 5.75 Å². The molecule has 11 nitrogen and oxygen atoms in total. The van der Waals surface area contributed by atoms with Crippen LogP contribution in [-0.4, -0.2) is 90.8 Å². The summed E-state index contributed by atoms with van der Waals surface area (Å²) in [6.07, 6.45) is 0.466. The Morgan fingerprint density at radius 2 is 1.60 bits per heavy atom. The van der Waals surface area contributed by atoms with Crippen molar-refractivity contribution in [2.45, 2.75) is 38.3 Å². The van der Waals surface area contributed by atoms with Gasteiger partial charge in [0.2, 0.25) is 23.6 Å². The summed E-state index contributed by atoms with van der Waals surface area (Å²) in [7, 11) is 0. The summed E-state index contributed by atoms with van der Waals surface area (Å²) in [6.45, 7) is 3.32. The number of hydrogen-bond acceptors (Lipinski definition) is 6. The van der Waals surface area contributed by atoms with Gasteiger partial charge in [0, 0.05) is 39.5 Å². The SMILES string of the molecule is CC(=O)N1CCCN(C(=O)[C@@H]2CC(=O)N[C@@H](Cc3ccccc3)C(=O)NCCOc3ccccc3C(=O)N2)CC1. The van der Waals surface area contributed by atoms with Gasteiger partial charge in [-0.15, -0.1) is 0 Å². The van der Waals surface area contributed by atoms with Crippen LogP contribution in [0.4, 0.5) is 0 Å². The molecule has 11 heteroatoms. The number of rotatable bonds is 3. The van der Waals surface area contributed by atoms with Gasteiger partial charge in [0.25, 0.3) is 5.91 Å². The first-order chi connectivity index (χ1) is 19.3. The van der Waals surface area contributed by atoms with Crippen LogP contribution in [-0.2, 0) is 25.6 Å². The Morgan fingerprint density at radius 3 is 2.38 bits per heavy atom. The molecule has 0 radical (unpaired) electrons. The summed E-state index contributed by atoms with van der Waals surface area (Å²) in [4.78, 5) is 68.4. The second-order valence-electron chi connectivity index (χ2n) is 9.86. The van der Waals surface area contributed by atoms with Crippen molar-refractivity contribution < 1.29 is 28.7 Å². The third kappa shape index (κ3) is 7.58. The predicted molar refractivity (Wildman–Crippen MR) is 146 cm³/mol. The van der Waals surface area contributed by atoms with E-state index in [1.807, 2.05) is 30.3 Å². The second kappa shape index (κ2) is 13.6. The number of benzene rings is 2. The van der Waals surface area contributed by atoms with Crippen LogP contribution in [0, 0.1) is 0 Å². The van der Waals surface area contributed by atoms with Crippen molar-refractivity contribution in [2.75, 3.05) is 39.3 Å². The van der Waals surface area contributed by atoms with Gasteiger partial charge in [-0.3, -0.25) is 24.0 Å². The number of hydrogen-bond donors (Lipinski definition) is 3. The Bertz CT molecular complexity index is 1240. The van der Waals surface area contributed by atoms with E-state index in [0.29, 0.717) is 31.8 Å². The summed E-state index contributed by atoms with van der Waals surface area (Å²) in [5.74, 6) is -1.67. The van der Waals surface area contributed by atoms with E-state index in [-0.39, 0.29) is 49.9 Å². The van der Waals surface area contributed by atoms with Crippen molar-refractivity contribution in [1.29, 1.82) is 0 Å². The minimum atomic E-state index is -1.19. The number of fused-ring (bicyclic) bond motifs is 1. The third-order valence-electron chi connectivity index (χ3n) is 6.97. The van der Waals surface area contributed by atoms with Gasteiger partial charge >= 0.3 is 0 Å². The molecule has 40 heavy (non-hydrogen) atoms. The van der Waals surface area contributed by atoms with E-state index in [9.17, 15) is 24.0 Å². The van der Waals surface area contributed by atoms with Crippen LogP contribution >= 0.6 is 0 Å². The van der Waals surface area contributed by atoms with E-state index in [1.165, 1.54) is 6.92 Å². The van der Waals surface area contributed by atoms with Crippen LogP contribution in [0.15, 0.2) is 54.6 Å². The highest BCUT2D eigenvalue weighted by atomic mass is 16.5. The maximum absolute atomic E-state index is 13.7. The van der Waals surface area contributed by atoms with E-state index in [1.54, 1.807) is 34.1 Å². The summed E-state index contributed by atoms with van der Waals surface area (Å²) in [6, 6.07) is 13.8. The molecule has 1 fully saturated rings. The molecule has 0 bridgehead atoms. The van der Waals surface area contributed by atoms with E-state index in [0.717, 1.165) is 5.56 Å². The number of carbonyl (C=O) groups excluding carboxylic acids is 5. The molecule has 1 saturated heterocycles. The minimum absolute atomic E-state index is 0.0701. The highest BCUT2D eigenvalue weighted by Crippen LogP contribution is 2.19. The normalized spacial score (nSPS) is 21.0. The molecule has 0 saturated carbocycles. The largest absolute Gasteiger partial charge is 0.491 e. The zero-order valence-electron chi connectivity index (χ0n) is 22.6. The van der Waals surface area contributed by atoms with E-state index < -0.39 is 29.8 Å². The third-order valence-corrected chi connectivity index (χ3v) is 6.97. The summed E-state index contributed by atoms with van der Waals surface area (Å²) in [5, 5.41) is 8.28. The van der Waals surface area contributed by atoms with E-state index in [4.69, 9.17) is 4.74 Å². The molecular weight excluding hydrogens is 514 g/mol. The molecule has 2 aliphatic rings.